The molecule has 7 heteroatoms. The maximum atomic E-state index is 11.5. The van der Waals surface area contributed by atoms with E-state index in [0.29, 0.717) is 18.1 Å². The highest BCUT2D eigenvalue weighted by Crippen LogP contribution is 2.08. The van der Waals surface area contributed by atoms with Crippen LogP contribution in [0.2, 0.25) is 0 Å². The van der Waals surface area contributed by atoms with Crippen LogP contribution in [0.5, 0.6) is 0 Å². The van der Waals surface area contributed by atoms with Crippen LogP contribution in [0, 0.1) is 13.8 Å². The van der Waals surface area contributed by atoms with Crippen molar-refractivity contribution in [2.75, 3.05) is 5.32 Å². The van der Waals surface area contributed by atoms with E-state index >= 15 is 0 Å². The molecule has 0 saturated carbocycles. The number of amides is 2. The zero-order valence-corrected chi connectivity index (χ0v) is 10.3. The maximum Gasteiger partial charge on any atom is 0.320 e. The van der Waals surface area contributed by atoms with Crippen molar-refractivity contribution in [1.82, 2.24) is 15.5 Å². The summed E-state index contributed by atoms with van der Waals surface area (Å²) in [6.07, 6.45) is 0. The van der Waals surface area contributed by atoms with Crippen molar-refractivity contribution < 1.29 is 9.32 Å². The largest absolute Gasteiger partial charge is 0.360 e. The Morgan fingerprint density at radius 2 is 2.35 bits per heavy atom. The number of aryl methyl sites for hydroxylation is 2. The highest BCUT2D eigenvalue weighted by atomic mass is 32.1. The lowest BCUT2D eigenvalue weighted by Crippen LogP contribution is -2.28. The Bertz CT molecular complexity index is 520. The summed E-state index contributed by atoms with van der Waals surface area (Å²) >= 11 is 1.55. The van der Waals surface area contributed by atoms with Crippen molar-refractivity contribution in [3.63, 3.8) is 0 Å². The van der Waals surface area contributed by atoms with E-state index in [1.807, 2.05) is 12.3 Å². The molecular formula is C10H12N4O2S. The molecule has 17 heavy (non-hydrogen) atoms. The molecule has 0 aliphatic rings. The zero-order chi connectivity index (χ0) is 12.3. The number of hydrogen-bond acceptors (Lipinski definition) is 5. The summed E-state index contributed by atoms with van der Waals surface area (Å²) in [5.41, 5.74) is 0.846. The second-order valence-corrected chi connectivity index (χ2v) is 4.55. The van der Waals surface area contributed by atoms with Gasteiger partial charge in [-0.25, -0.2) is 9.78 Å². The van der Waals surface area contributed by atoms with Crippen LogP contribution in [-0.2, 0) is 6.54 Å². The molecule has 0 unspecified atom stereocenters. The minimum atomic E-state index is -0.330. The van der Waals surface area contributed by atoms with Gasteiger partial charge in [-0.2, -0.15) is 0 Å². The van der Waals surface area contributed by atoms with E-state index in [-0.39, 0.29) is 6.03 Å². The lowest BCUT2D eigenvalue weighted by atomic mass is 10.5. The molecule has 2 aromatic rings. The van der Waals surface area contributed by atoms with Gasteiger partial charge in [-0.15, -0.1) is 11.3 Å². The predicted octanol–water partition coefficient (Wildman–Crippen LogP) is 2.07. The Morgan fingerprint density at radius 3 is 2.94 bits per heavy atom. The molecule has 0 atom stereocenters. The number of carbonyl (C=O) groups excluding carboxylic acids is 1. The molecule has 0 aliphatic heterocycles. The van der Waals surface area contributed by atoms with Gasteiger partial charge >= 0.3 is 6.03 Å². The molecule has 0 aromatic carbocycles. The first kappa shape index (κ1) is 11.6. The van der Waals surface area contributed by atoms with Gasteiger partial charge in [-0.3, -0.25) is 5.32 Å². The van der Waals surface area contributed by atoms with Crippen molar-refractivity contribution in [2.24, 2.45) is 0 Å². The molecular weight excluding hydrogens is 240 g/mol. The van der Waals surface area contributed by atoms with Gasteiger partial charge in [0.2, 0.25) is 0 Å². The second-order valence-electron chi connectivity index (χ2n) is 3.49. The van der Waals surface area contributed by atoms with Crippen molar-refractivity contribution >= 4 is 23.2 Å². The van der Waals surface area contributed by atoms with Gasteiger partial charge in [0, 0.05) is 11.4 Å². The molecule has 2 rings (SSSR count). The lowest BCUT2D eigenvalue weighted by Gasteiger charge is -2.02. The molecule has 2 N–H and O–H groups in total. The minimum absolute atomic E-state index is 0.330. The van der Waals surface area contributed by atoms with E-state index in [4.69, 9.17) is 4.52 Å². The first-order chi connectivity index (χ1) is 8.13. The monoisotopic (exact) mass is 252 g/mol. The molecule has 2 amide bonds. The Hall–Kier alpha value is -1.89. The summed E-state index contributed by atoms with van der Waals surface area (Å²) in [6.45, 7) is 4.08. The van der Waals surface area contributed by atoms with Crippen LogP contribution < -0.4 is 10.6 Å². The normalized spacial score (nSPS) is 10.2. The van der Waals surface area contributed by atoms with Gasteiger partial charge in [-0.1, -0.05) is 5.16 Å². The number of anilines is 1. The number of rotatable bonds is 3. The molecule has 0 bridgehead atoms. The number of aromatic nitrogens is 2. The zero-order valence-electron chi connectivity index (χ0n) is 9.48. The average Bonchev–Trinajstić information content (AvgIpc) is 2.85. The third kappa shape index (κ3) is 3.28. The fourth-order valence-corrected chi connectivity index (χ4v) is 1.86. The molecule has 6 nitrogen and oxygen atoms in total. The van der Waals surface area contributed by atoms with E-state index in [1.165, 1.54) is 0 Å². The Kier molecular flexibility index (Phi) is 3.38. The van der Waals surface area contributed by atoms with Gasteiger partial charge < -0.3 is 9.84 Å². The Balaban J connectivity index is 1.82. The Labute approximate surface area is 102 Å². The van der Waals surface area contributed by atoms with Crippen molar-refractivity contribution in [2.45, 2.75) is 20.4 Å². The van der Waals surface area contributed by atoms with E-state index in [2.05, 4.69) is 20.8 Å². The van der Waals surface area contributed by atoms with Gasteiger partial charge in [0.1, 0.15) is 5.76 Å². The van der Waals surface area contributed by atoms with E-state index < -0.39 is 0 Å². The third-order valence-electron chi connectivity index (χ3n) is 1.97. The van der Waals surface area contributed by atoms with E-state index in [0.717, 1.165) is 10.7 Å². The number of hydrogen-bond donors (Lipinski definition) is 2. The van der Waals surface area contributed by atoms with Crippen molar-refractivity contribution in [3.8, 4) is 0 Å². The Morgan fingerprint density at radius 1 is 1.53 bits per heavy atom. The van der Waals surface area contributed by atoms with Crippen LogP contribution in [0.25, 0.3) is 0 Å². The number of carbonyl (C=O) groups is 1. The standard InChI is InChI=1S/C10H12N4O2S/c1-6-3-9(14-16-6)13-10(15)11-4-8-5-17-7(2)12-8/h3,5H,4H2,1-2H3,(H2,11,13,14,15). The number of urea groups is 1. The summed E-state index contributed by atoms with van der Waals surface area (Å²) in [7, 11) is 0. The smallest absolute Gasteiger partial charge is 0.320 e. The summed E-state index contributed by atoms with van der Waals surface area (Å²) in [5, 5.41) is 11.8. The van der Waals surface area contributed by atoms with Crippen LogP contribution in [0.1, 0.15) is 16.5 Å². The molecule has 0 radical (unpaired) electrons. The molecule has 0 fully saturated rings. The summed E-state index contributed by atoms with van der Waals surface area (Å²) < 4.78 is 4.83. The fourth-order valence-electron chi connectivity index (χ4n) is 1.25. The van der Waals surface area contributed by atoms with Crippen LogP contribution in [0.4, 0.5) is 10.6 Å². The molecule has 90 valence electrons. The minimum Gasteiger partial charge on any atom is -0.360 e. The first-order valence-corrected chi connectivity index (χ1v) is 5.90. The average molecular weight is 252 g/mol. The quantitative estimate of drug-likeness (QED) is 0.876. The van der Waals surface area contributed by atoms with Crippen LogP contribution in [-0.4, -0.2) is 16.2 Å². The summed E-state index contributed by atoms with van der Waals surface area (Å²) in [4.78, 5) is 15.7. The number of nitrogens with one attached hydrogen (secondary N) is 2. The molecule has 0 spiro atoms. The van der Waals surface area contributed by atoms with Gasteiger partial charge in [-0.05, 0) is 13.8 Å². The van der Waals surface area contributed by atoms with E-state index in [9.17, 15) is 4.79 Å². The molecule has 2 heterocycles. The number of nitrogens with zero attached hydrogens (tertiary/aromatic N) is 2. The molecule has 2 aromatic heterocycles. The molecule has 0 saturated heterocycles. The lowest BCUT2D eigenvalue weighted by molar-refractivity contribution is 0.251. The summed E-state index contributed by atoms with van der Waals surface area (Å²) in [6, 6.07) is 1.32. The topological polar surface area (TPSA) is 80.0 Å². The van der Waals surface area contributed by atoms with Crippen molar-refractivity contribution in [3.05, 3.63) is 27.9 Å². The first-order valence-electron chi connectivity index (χ1n) is 5.02. The predicted molar refractivity (Wildman–Crippen MR) is 63.9 cm³/mol. The van der Waals surface area contributed by atoms with Gasteiger partial charge in [0.25, 0.3) is 0 Å². The van der Waals surface area contributed by atoms with Gasteiger partial charge in [0.05, 0.1) is 17.2 Å². The molecule has 0 aliphatic carbocycles. The van der Waals surface area contributed by atoms with Crippen molar-refractivity contribution in [1.29, 1.82) is 0 Å². The van der Waals surface area contributed by atoms with Gasteiger partial charge in [0.15, 0.2) is 5.82 Å². The van der Waals surface area contributed by atoms with Crippen LogP contribution in [0.15, 0.2) is 16.0 Å². The third-order valence-corrected chi connectivity index (χ3v) is 2.79. The fraction of sp³-hybridized carbons (Fsp3) is 0.300. The SMILES string of the molecule is Cc1cc(NC(=O)NCc2csc(C)n2)no1. The number of thiazole rings is 1. The summed E-state index contributed by atoms with van der Waals surface area (Å²) in [5.74, 6) is 1.05. The van der Waals surface area contributed by atoms with Crippen LogP contribution >= 0.6 is 11.3 Å². The second kappa shape index (κ2) is 4.96. The highest BCUT2D eigenvalue weighted by Gasteiger charge is 2.06. The van der Waals surface area contributed by atoms with Crippen LogP contribution in [0.3, 0.4) is 0 Å². The highest BCUT2D eigenvalue weighted by molar-refractivity contribution is 7.09. The maximum absolute atomic E-state index is 11.5. The van der Waals surface area contributed by atoms with E-state index in [1.54, 1.807) is 24.3 Å².